The molecule has 1 unspecified atom stereocenters. The van der Waals surface area contributed by atoms with Gasteiger partial charge in [0.2, 0.25) is 0 Å². The number of halogens is 2. The Balaban J connectivity index is 2.72. The molecule has 0 fully saturated rings. The minimum atomic E-state index is -0.864. The first kappa shape index (κ1) is 15.1. The van der Waals surface area contributed by atoms with E-state index in [-0.39, 0.29) is 5.02 Å². The van der Waals surface area contributed by atoms with Gasteiger partial charge in [0, 0.05) is 12.6 Å². The number of nitrogens with two attached hydrogens (primary N) is 1. The number of rotatable bonds is 5. The van der Waals surface area contributed by atoms with E-state index in [1.165, 1.54) is 12.1 Å². The molecule has 0 amide bonds. The molecule has 0 radical (unpaired) electrons. The molecule has 102 valence electrons. The SMILES string of the molecule is CC(C)CC(C)(O)CNc1cc(F)c(Cl)cc1N. The van der Waals surface area contributed by atoms with Crippen LogP contribution in [0.4, 0.5) is 15.8 Å². The predicted molar refractivity (Wildman–Crippen MR) is 74.4 cm³/mol. The van der Waals surface area contributed by atoms with Crippen LogP contribution < -0.4 is 11.1 Å². The van der Waals surface area contributed by atoms with Crippen LogP contribution in [0.5, 0.6) is 0 Å². The third-order valence-corrected chi connectivity index (χ3v) is 2.89. The summed E-state index contributed by atoms with van der Waals surface area (Å²) in [5.74, 6) is -0.155. The van der Waals surface area contributed by atoms with Crippen LogP contribution in [-0.2, 0) is 0 Å². The predicted octanol–water partition coefficient (Wildman–Crippen LogP) is 3.27. The molecule has 1 aromatic rings. The number of hydrogen-bond acceptors (Lipinski definition) is 3. The lowest BCUT2D eigenvalue weighted by Gasteiger charge is -2.26. The van der Waals surface area contributed by atoms with Crippen molar-refractivity contribution in [1.82, 2.24) is 0 Å². The van der Waals surface area contributed by atoms with E-state index in [1.807, 2.05) is 13.8 Å². The summed E-state index contributed by atoms with van der Waals surface area (Å²) in [7, 11) is 0. The molecule has 0 saturated carbocycles. The van der Waals surface area contributed by atoms with E-state index in [2.05, 4.69) is 5.32 Å². The van der Waals surface area contributed by atoms with Crippen molar-refractivity contribution < 1.29 is 9.50 Å². The van der Waals surface area contributed by atoms with Gasteiger partial charge in [-0.1, -0.05) is 25.4 Å². The topological polar surface area (TPSA) is 58.3 Å². The second-order valence-electron chi connectivity index (χ2n) is 5.30. The maximum atomic E-state index is 13.3. The van der Waals surface area contributed by atoms with Crippen LogP contribution in [0.3, 0.4) is 0 Å². The number of nitrogens with one attached hydrogen (secondary N) is 1. The summed E-state index contributed by atoms with van der Waals surface area (Å²) in [6, 6.07) is 2.60. The van der Waals surface area contributed by atoms with Crippen molar-refractivity contribution >= 4 is 23.0 Å². The molecule has 4 N–H and O–H groups in total. The lowest BCUT2D eigenvalue weighted by atomic mass is 9.94. The molecule has 5 heteroatoms. The van der Waals surface area contributed by atoms with E-state index >= 15 is 0 Å². The number of aliphatic hydroxyl groups is 1. The third kappa shape index (κ3) is 4.35. The standard InChI is InChI=1S/C13H20ClFN2O/c1-8(2)6-13(3,18)7-17-12-5-10(15)9(14)4-11(12)16/h4-5,8,17-18H,6-7,16H2,1-3H3. The zero-order chi connectivity index (χ0) is 13.9. The van der Waals surface area contributed by atoms with Gasteiger partial charge in [0.15, 0.2) is 0 Å². The molecular weight excluding hydrogens is 255 g/mol. The zero-order valence-electron chi connectivity index (χ0n) is 10.9. The molecule has 0 bridgehead atoms. The first-order valence-corrected chi connectivity index (χ1v) is 6.30. The second kappa shape index (κ2) is 5.76. The summed E-state index contributed by atoms with van der Waals surface area (Å²) >= 11 is 5.61. The molecule has 18 heavy (non-hydrogen) atoms. The highest BCUT2D eigenvalue weighted by molar-refractivity contribution is 6.31. The summed E-state index contributed by atoms with van der Waals surface area (Å²) in [4.78, 5) is 0. The Kier molecular flexibility index (Phi) is 4.82. The van der Waals surface area contributed by atoms with E-state index in [0.717, 1.165) is 0 Å². The minimum Gasteiger partial charge on any atom is -0.397 e. The Morgan fingerprint density at radius 3 is 2.67 bits per heavy atom. The number of hydrogen-bond donors (Lipinski definition) is 3. The molecule has 1 rings (SSSR count). The summed E-state index contributed by atoms with van der Waals surface area (Å²) in [6.07, 6.45) is 0.649. The first-order chi connectivity index (χ1) is 8.21. The average Bonchev–Trinajstić information content (AvgIpc) is 2.19. The molecule has 0 saturated heterocycles. The maximum Gasteiger partial charge on any atom is 0.143 e. The van der Waals surface area contributed by atoms with E-state index in [4.69, 9.17) is 17.3 Å². The molecular formula is C13H20ClFN2O. The lowest BCUT2D eigenvalue weighted by Crippen LogP contribution is -2.35. The van der Waals surface area contributed by atoms with Gasteiger partial charge in [0.05, 0.1) is 22.0 Å². The van der Waals surface area contributed by atoms with Crippen LogP contribution in [0.15, 0.2) is 12.1 Å². The summed E-state index contributed by atoms with van der Waals surface area (Å²) in [5, 5.41) is 13.1. The highest BCUT2D eigenvalue weighted by Gasteiger charge is 2.22. The number of anilines is 2. The van der Waals surface area contributed by atoms with Crippen LogP contribution >= 0.6 is 11.6 Å². The molecule has 0 spiro atoms. The molecule has 0 aliphatic heterocycles. The lowest BCUT2D eigenvalue weighted by molar-refractivity contribution is 0.0515. The maximum absolute atomic E-state index is 13.3. The van der Waals surface area contributed by atoms with Crippen molar-refractivity contribution in [2.24, 2.45) is 5.92 Å². The first-order valence-electron chi connectivity index (χ1n) is 5.92. The monoisotopic (exact) mass is 274 g/mol. The second-order valence-corrected chi connectivity index (χ2v) is 5.71. The Morgan fingerprint density at radius 2 is 2.11 bits per heavy atom. The molecule has 0 aromatic heterocycles. The molecule has 0 heterocycles. The smallest absolute Gasteiger partial charge is 0.143 e. The van der Waals surface area contributed by atoms with Crippen molar-refractivity contribution in [2.75, 3.05) is 17.6 Å². The Hall–Kier alpha value is -1.00. The summed E-state index contributed by atoms with van der Waals surface area (Å²) in [6.45, 7) is 6.11. The van der Waals surface area contributed by atoms with Crippen molar-refractivity contribution in [3.05, 3.63) is 23.0 Å². The van der Waals surface area contributed by atoms with Gasteiger partial charge in [-0.2, -0.15) is 0 Å². The summed E-state index contributed by atoms with van der Waals surface area (Å²) < 4.78 is 13.3. The third-order valence-electron chi connectivity index (χ3n) is 2.60. The molecule has 1 atom stereocenters. The Labute approximate surface area is 112 Å². The van der Waals surface area contributed by atoms with Crippen molar-refractivity contribution in [1.29, 1.82) is 0 Å². The zero-order valence-corrected chi connectivity index (χ0v) is 11.7. The molecule has 0 aliphatic carbocycles. The fourth-order valence-electron chi connectivity index (χ4n) is 1.95. The Bertz CT molecular complexity index is 422. The highest BCUT2D eigenvalue weighted by Crippen LogP contribution is 2.27. The fraction of sp³-hybridized carbons (Fsp3) is 0.538. The largest absolute Gasteiger partial charge is 0.397 e. The Morgan fingerprint density at radius 1 is 1.50 bits per heavy atom. The van der Waals surface area contributed by atoms with Gasteiger partial charge in [0.1, 0.15) is 5.82 Å². The van der Waals surface area contributed by atoms with E-state index in [0.29, 0.717) is 30.3 Å². The van der Waals surface area contributed by atoms with Crippen molar-refractivity contribution in [3.8, 4) is 0 Å². The van der Waals surface area contributed by atoms with Gasteiger partial charge in [-0.15, -0.1) is 0 Å². The minimum absolute atomic E-state index is 0.00742. The molecule has 0 aliphatic rings. The van der Waals surface area contributed by atoms with E-state index < -0.39 is 11.4 Å². The molecule has 3 nitrogen and oxygen atoms in total. The van der Waals surface area contributed by atoms with Crippen LogP contribution in [0, 0.1) is 11.7 Å². The number of nitrogen functional groups attached to an aromatic ring is 1. The van der Waals surface area contributed by atoms with Crippen molar-refractivity contribution in [2.45, 2.75) is 32.8 Å². The van der Waals surface area contributed by atoms with Crippen molar-refractivity contribution in [3.63, 3.8) is 0 Å². The van der Waals surface area contributed by atoms with Gasteiger partial charge in [-0.25, -0.2) is 4.39 Å². The van der Waals surface area contributed by atoms with Gasteiger partial charge in [-0.3, -0.25) is 0 Å². The molecule has 1 aromatic carbocycles. The van der Waals surface area contributed by atoms with Gasteiger partial charge < -0.3 is 16.2 Å². The quantitative estimate of drug-likeness (QED) is 0.722. The normalized spacial score (nSPS) is 14.6. The van der Waals surface area contributed by atoms with Crippen LogP contribution in [0.2, 0.25) is 5.02 Å². The van der Waals surface area contributed by atoms with Crippen LogP contribution in [0.1, 0.15) is 27.2 Å². The number of benzene rings is 1. The van der Waals surface area contributed by atoms with Gasteiger partial charge in [-0.05, 0) is 25.3 Å². The van der Waals surface area contributed by atoms with Crippen LogP contribution in [0.25, 0.3) is 0 Å². The van der Waals surface area contributed by atoms with Gasteiger partial charge in [0.25, 0.3) is 0 Å². The summed E-state index contributed by atoms with van der Waals surface area (Å²) in [5.41, 5.74) is 5.67. The van der Waals surface area contributed by atoms with E-state index in [1.54, 1.807) is 6.92 Å². The van der Waals surface area contributed by atoms with Crippen LogP contribution in [-0.4, -0.2) is 17.3 Å². The fourth-order valence-corrected chi connectivity index (χ4v) is 2.12. The van der Waals surface area contributed by atoms with Gasteiger partial charge >= 0.3 is 0 Å². The highest BCUT2D eigenvalue weighted by atomic mass is 35.5. The average molecular weight is 275 g/mol. The van der Waals surface area contributed by atoms with E-state index in [9.17, 15) is 9.50 Å².